The number of fused-ring (bicyclic) bond motifs is 1. The molecule has 3 heterocycles. The van der Waals surface area contributed by atoms with Crippen LogP contribution < -0.4 is 10.9 Å². The number of carbonyl (C=O) groups is 2. The van der Waals surface area contributed by atoms with Gasteiger partial charge < -0.3 is 4.74 Å². The van der Waals surface area contributed by atoms with Gasteiger partial charge in [-0.2, -0.15) is 4.98 Å². The first kappa shape index (κ1) is 26.1. The van der Waals surface area contributed by atoms with Gasteiger partial charge >= 0.3 is 0 Å². The van der Waals surface area contributed by atoms with Crippen molar-refractivity contribution >= 4 is 28.9 Å². The fourth-order valence-corrected chi connectivity index (χ4v) is 4.68. The normalized spacial score (nSPS) is 16.5. The molecule has 2 amide bonds. The van der Waals surface area contributed by atoms with Crippen LogP contribution in [0, 0.1) is 0 Å². The highest BCUT2D eigenvalue weighted by molar-refractivity contribution is 6.03. The molecule has 2 N–H and O–H groups in total. The van der Waals surface area contributed by atoms with Crippen molar-refractivity contribution in [2.75, 3.05) is 11.9 Å². The SMILES string of the molecule is O=C(Nc1nc2c(ncn2C2C(=O)N(OCc3ccccc3)C2COCc2ccccc2)c(=O)[nH]1)c1ccccc1. The van der Waals surface area contributed by atoms with E-state index in [1.54, 1.807) is 30.3 Å². The predicted molar refractivity (Wildman–Crippen MR) is 150 cm³/mol. The average molecular weight is 551 g/mol. The summed E-state index contributed by atoms with van der Waals surface area (Å²) in [5.74, 6) is -0.823. The van der Waals surface area contributed by atoms with Crippen LogP contribution in [0.3, 0.4) is 0 Å². The molecule has 6 rings (SSSR count). The second-order valence-corrected chi connectivity index (χ2v) is 9.49. The number of H-pyrrole nitrogens is 1. The van der Waals surface area contributed by atoms with Gasteiger partial charge in [0.1, 0.15) is 18.7 Å². The molecule has 2 unspecified atom stereocenters. The zero-order valence-corrected chi connectivity index (χ0v) is 21.8. The number of imidazole rings is 1. The van der Waals surface area contributed by atoms with Crippen LogP contribution in [0.1, 0.15) is 27.5 Å². The summed E-state index contributed by atoms with van der Waals surface area (Å²) in [6, 6.07) is 26.5. The number of hydrogen-bond acceptors (Lipinski definition) is 7. The molecule has 5 aromatic rings. The molecule has 41 heavy (non-hydrogen) atoms. The minimum absolute atomic E-state index is 0.0446. The van der Waals surface area contributed by atoms with E-state index >= 15 is 0 Å². The van der Waals surface area contributed by atoms with Crippen molar-refractivity contribution < 1.29 is 19.2 Å². The molecule has 1 fully saturated rings. The number of hydrogen-bond donors (Lipinski definition) is 2. The molecule has 206 valence electrons. The number of anilines is 1. The fraction of sp³-hybridized carbons (Fsp3) is 0.167. The molecule has 3 aromatic carbocycles. The van der Waals surface area contributed by atoms with Crippen LogP contribution in [-0.2, 0) is 27.6 Å². The average Bonchev–Trinajstić information content (AvgIpc) is 3.42. The Kier molecular flexibility index (Phi) is 7.35. The molecule has 2 atom stereocenters. The molecular weight excluding hydrogens is 524 g/mol. The van der Waals surface area contributed by atoms with E-state index < -0.39 is 23.6 Å². The first-order valence-corrected chi connectivity index (χ1v) is 13.0. The van der Waals surface area contributed by atoms with Crippen LogP contribution >= 0.6 is 0 Å². The maximum Gasteiger partial charge on any atom is 0.280 e. The summed E-state index contributed by atoms with van der Waals surface area (Å²) in [5.41, 5.74) is 1.96. The second kappa shape index (κ2) is 11.5. The lowest BCUT2D eigenvalue weighted by Gasteiger charge is -2.45. The molecular formula is C30H26N6O5. The Bertz CT molecular complexity index is 1720. The van der Waals surface area contributed by atoms with Crippen LogP contribution in [0.15, 0.2) is 102 Å². The summed E-state index contributed by atoms with van der Waals surface area (Å²) >= 11 is 0. The van der Waals surface area contributed by atoms with Gasteiger partial charge in [-0.25, -0.2) is 10.0 Å². The predicted octanol–water partition coefficient (Wildman–Crippen LogP) is 3.47. The summed E-state index contributed by atoms with van der Waals surface area (Å²) < 4.78 is 7.52. The molecule has 11 nitrogen and oxygen atoms in total. The molecule has 11 heteroatoms. The van der Waals surface area contributed by atoms with Crippen molar-refractivity contribution in [1.29, 1.82) is 0 Å². The molecule has 0 bridgehead atoms. The number of aromatic amines is 1. The minimum Gasteiger partial charge on any atom is -0.374 e. The van der Waals surface area contributed by atoms with Gasteiger partial charge in [0.25, 0.3) is 17.4 Å². The lowest BCUT2D eigenvalue weighted by Crippen LogP contribution is -2.62. The van der Waals surface area contributed by atoms with Gasteiger partial charge in [0.15, 0.2) is 11.2 Å². The van der Waals surface area contributed by atoms with E-state index in [0.717, 1.165) is 11.1 Å². The van der Waals surface area contributed by atoms with E-state index in [4.69, 9.17) is 9.57 Å². The smallest absolute Gasteiger partial charge is 0.280 e. The van der Waals surface area contributed by atoms with Gasteiger partial charge in [0.2, 0.25) is 5.95 Å². The number of β-lactam (4-membered cyclic amide) rings is 1. The van der Waals surface area contributed by atoms with Crippen LogP contribution in [0.5, 0.6) is 0 Å². The van der Waals surface area contributed by atoms with Gasteiger partial charge in [-0.05, 0) is 23.3 Å². The molecule has 1 saturated heterocycles. The van der Waals surface area contributed by atoms with Gasteiger partial charge in [-0.15, -0.1) is 0 Å². The Morgan fingerprint density at radius 3 is 2.20 bits per heavy atom. The number of amides is 2. The van der Waals surface area contributed by atoms with Crippen molar-refractivity contribution in [2.24, 2.45) is 0 Å². The number of ether oxygens (including phenoxy) is 1. The zero-order valence-electron chi connectivity index (χ0n) is 21.8. The summed E-state index contributed by atoms with van der Waals surface area (Å²) in [6.07, 6.45) is 1.40. The van der Waals surface area contributed by atoms with Crippen LogP contribution in [0.25, 0.3) is 11.2 Å². The quantitative estimate of drug-likeness (QED) is 0.255. The molecule has 1 aliphatic heterocycles. The lowest BCUT2D eigenvalue weighted by atomic mass is 9.98. The van der Waals surface area contributed by atoms with Crippen molar-refractivity contribution in [2.45, 2.75) is 25.3 Å². The summed E-state index contributed by atoms with van der Waals surface area (Å²) in [4.78, 5) is 56.0. The number of hydroxylamine groups is 2. The van der Waals surface area contributed by atoms with Gasteiger partial charge in [-0.1, -0.05) is 78.9 Å². The van der Waals surface area contributed by atoms with Crippen molar-refractivity contribution in [1.82, 2.24) is 24.6 Å². The maximum absolute atomic E-state index is 13.4. The van der Waals surface area contributed by atoms with Gasteiger partial charge in [-0.3, -0.25) is 34.1 Å². The number of nitrogens with one attached hydrogen (secondary N) is 2. The number of aromatic nitrogens is 4. The Balaban J connectivity index is 1.26. The van der Waals surface area contributed by atoms with E-state index in [1.807, 2.05) is 60.7 Å². The van der Waals surface area contributed by atoms with Crippen molar-refractivity contribution in [3.63, 3.8) is 0 Å². The largest absolute Gasteiger partial charge is 0.374 e. The van der Waals surface area contributed by atoms with E-state index in [9.17, 15) is 14.4 Å². The first-order chi connectivity index (χ1) is 20.1. The number of carbonyl (C=O) groups excluding carboxylic acids is 2. The highest BCUT2D eigenvalue weighted by Crippen LogP contribution is 2.34. The van der Waals surface area contributed by atoms with Crippen LogP contribution in [0.4, 0.5) is 5.95 Å². The monoisotopic (exact) mass is 550 g/mol. The Hall–Kier alpha value is -5.13. The highest BCUT2D eigenvalue weighted by atomic mass is 16.7. The lowest BCUT2D eigenvalue weighted by molar-refractivity contribution is -0.252. The third kappa shape index (κ3) is 5.49. The third-order valence-electron chi connectivity index (χ3n) is 6.75. The van der Waals surface area contributed by atoms with E-state index in [2.05, 4.69) is 20.3 Å². The molecule has 0 saturated carbocycles. The standard InChI is InChI=1S/C30H26N6O5/c37-27(22-14-8-3-9-15-22)33-30-32-26-24(28(38)34-30)31-19-35(26)25-23(18-40-16-20-10-4-1-5-11-20)36(29(25)39)41-17-21-12-6-2-7-13-21/h1-15,19,23,25H,16-18H2,(H2,32,33,34,37,38). The van der Waals surface area contributed by atoms with E-state index in [-0.39, 0.29) is 36.2 Å². The number of rotatable bonds is 10. The number of nitrogens with zero attached hydrogens (tertiary/aromatic N) is 4. The Morgan fingerprint density at radius 2 is 1.51 bits per heavy atom. The summed E-state index contributed by atoms with van der Waals surface area (Å²) in [6.45, 7) is 0.719. The van der Waals surface area contributed by atoms with Gasteiger partial charge in [0, 0.05) is 5.56 Å². The molecule has 0 aliphatic carbocycles. The molecule has 0 radical (unpaired) electrons. The third-order valence-corrected chi connectivity index (χ3v) is 6.75. The van der Waals surface area contributed by atoms with E-state index in [0.29, 0.717) is 12.2 Å². The minimum atomic E-state index is -0.779. The molecule has 0 spiro atoms. The highest BCUT2D eigenvalue weighted by Gasteiger charge is 2.51. The van der Waals surface area contributed by atoms with Crippen LogP contribution in [0.2, 0.25) is 0 Å². The van der Waals surface area contributed by atoms with Crippen molar-refractivity contribution in [3.8, 4) is 0 Å². The summed E-state index contributed by atoms with van der Waals surface area (Å²) in [5, 5.41) is 3.92. The maximum atomic E-state index is 13.4. The Morgan fingerprint density at radius 1 is 0.878 bits per heavy atom. The van der Waals surface area contributed by atoms with E-state index in [1.165, 1.54) is 16.0 Å². The zero-order chi connectivity index (χ0) is 28.2. The summed E-state index contributed by atoms with van der Waals surface area (Å²) in [7, 11) is 0. The topological polar surface area (TPSA) is 131 Å². The second-order valence-electron chi connectivity index (χ2n) is 9.49. The van der Waals surface area contributed by atoms with Crippen LogP contribution in [-0.4, -0.2) is 49.0 Å². The Labute approximate surface area is 234 Å². The van der Waals surface area contributed by atoms with Crippen molar-refractivity contribution in [3.05, 3.63) is 124 Å². The molecule has 2 aromatic heterocycles. The van der Waals surface area contributed by atoms with Gasteiger partial charge in [0.05, 0.1) is 19.5 Å². The molecule has 1 aliphatic rings. The number of benzene rings is 3. The first-order valence-electron chi connectivity index (χ1n) is 13.0. The fourth-order valence-electron chi connectivity index (χ4n) is 4.68.